The number of ether oxygens (including phenoxy) is 2. The van der Waals surface area contributed by atoms with Gasteiger partial charge in [-0.2, -0.15) is 4.98 Å². The van der Waals surface area contributed by atoms with Gasteiger partial charge >= 0.3 is 11.8 Å². The predicted octanol–water partition coefficient (Wildman–Crippen LogP) is 6.00. The molecule has 3 atom stereocenters. The van der Waals surface area contributed by atoms with E-state index in [9.17, 15) is 24.2 Å². The lowest BCUT2D eigenvalue weighted by molar-refractivity contribution is -0.0449. The van der Waals surface area contributed by atoms with Crippen LogP contribution in [0.3, 0.4) is 0 Å². The van der Waals surface area contributed by atoms with Crippen molar-refractivity contribution in [2.24, 2.45) is 0 Å². The minimum absolute atomic E-state index is 0.0938. The minimum Gasteiger partial charge on any atom is -0.449 e. The molecule has 1 aromatic heterocycles. The number of aliphatic hydroxyl groups excluding tert-OH is 2. The molecule has 0 unspecified atom stereocenters. The van der Waals surface area contributed by atoms with E-state index in [2.05, 4.69) is 23.8 Å². The van der Waals surface area contributed by atoms with Crippen LogP contribution in [0.25, 0.3) is 0 Å². The summed E-state index contributed by atoms with van der Waals surface area (Å²) in [6.45, 7) is 5.59. The Morgan fingerprint density at radius 1 is 1.03 bits per heavy atom. The molecule has 3 N–H and O–H groups in total. The number of nitrogens with one attached hydrogen (secondary N) is 1. The first kappa shape index (κ1) is 32.9. The Morgan fingerprint density at radius 3 is 2.03 bits per heavy atom. The van der Waals surface area contributed by atoms with Crippen LogP contribution in [0.4, 0.5) is 15.0 Å². The second kappa shape index (κ2) is 18.9. The molecule has 1 aliphatic rings. The molecular formula is C29H48FN3O6. The minimum atomic E-state index is -1.20. The number of rotatable bonds is 20. The summed E-state index contributed by atoms with van der Waals surface area (Å²) >= 11 is 0. The van der Waals surface area contributed by atoms with Crippen LogP contribution in [0.5, 0.6) is 0 Å². The van der Waals surface area contributed by atoms with Gasteiger partial charge in [-0.15, -0.1) is 0 Å². The Bertz CT molecular complexity index is 925. The molecule has 10 heteroatoms. The maximum absolute atomic E-state index is 14.5. The van der Waals surface area contributed by atoms with Gasteiger partial charge in [0.2, 0.25) is 0 Å². The number of unbranched alkanes of at least 4 members (excludes halogenated alkanes) is 15. The fourth-order valence-corrected chi connectivity index (χ4v) is 4.75. The fourth-order valence-electron chi connectivity index (χ4n) is 4.75. The molecule has 0 saturated carbocycles. The van der Waals surface area contributed by atoms with Crippen LogP contribution >= 0.6 is 0 Å². The lowest BCUT2D eigenvalue weighted by Crippen LogP contribution is -2.30. The van der Waals surface area contributed by atoms with Crippen LogP contribution < -0.4 is 11.0 Å². The van der Waals surface area contributed by atoms with Crippen molar-refractivity contribution in [1.29, 1.82) is 0 Å². The number of hydrogen-bond acceptors (Lipinski definition) is 7. The number of aromatic nitrogens is 2. The summed E-state index contributed by atoms with van der Waals surface area (Å²) in [4.78, 5) is 27.9. The predicted molar refractivity (Wildman–Crippen MR) is 149 cm³/mol. The van der Waals surface area contributed by atoms with Gasteiger partial charge in [0.05, 0.1) is 19.4 Å². The molecule has 222 valence electrons. The highest BCUT2D eigenvalue weighted by Gasteiger charge is 2.39. The largest absolute Gasteiger partial charge is 0.449 e. The van der Waals surface area contributed by atoms with Gasteiger partial charge in [0, 0.05) is 5.57 Å². The van der Waals surface area contributed by atoms with Gasteiger partial charge in [0.1, 0.15) is 12.2 Å². The number of aliphatic hydroxyl groups is 2. The standard InChI is InChI=1S/C29H48FN3O6/c1-3-4-5-6-7-8-9-10-11-12-13-14-15-16-17-18-19-38-29(37)32-26-23(30)20-33(28(36)31-26)27-22(2)25(35)24(21-34)39-27/h20,24-25,27,34-35H,2-19,21H2,1H3,(H,31,32,36,37)/t24-,25+,27-/m1/s1. The number of hydrogen-bond donors (Lipinski definition) is 3. The molecule has 1 amide bonds. The SMILES string of the molecule is C=C1[C@H](n2cc(F)c(NC(=O)OCCCCCCCCCCCCCCCCCC)nc2=O)O[C@H](CO)[C@H]1O. The summed E-state index contributed by atoms with van der Waals surface area (Å²) in [5.41, 5.74) is -0.822. The topological polar surface area (TPSA) is 123 Å². The molecule has 1 aromatic rings. The molecular weight excluding hydrogens is 505 g/mol. The molecule has 0 aliphatic carbocycles. The Morgan fingerprint density at radius 2 is 1.54 bits per heavy atom. The Labute approximate surface area is 231 Å². The van der Waals surface area contributed by atoms with Crippen LogP contribution in [-0.4, -0.2) is 51.3 Å². The van der Waals surface area contributed by atoms with Crippen molar-refractivity contribution in [3.8, 4) is 0 Å². The molecule has 1 saturated heterocycles. The monoisotopic (exact) mass is 553 g/mol. The normalized spacial score (nSPS) is 19.0. The first-order chi connectivity index (χ1) is 18.9. The quantitative estimate of drug-likeness (QED) is 0.134. The number of anilines is 1. The summed E-state index contributed by atoms with van der Waals surface area (Å²) < 4.78 is 25.8. The van der Waals surface area contributed by atoms with Gasteiger partial charge in [0.25, 0.3) is 0 Å². The van der Waals surface area contributed by atoms with Crippen molar-refractivity contribution < 1.29 is 28.9 Å². The number of halogens is 1. The lowest BCUT2D eigenvalue weighted by atomic mass is 10.0. The smallest absolute Gasteiger partial charge is 0.412 e. The van der Waals surface area contributed by atoms with Gasteiger partial charge < -0.3 is 19.7 Å². The number of carbonyl (C=O) groups excluding carboxylic acids is 1. The number of nitrogens with zero attached hydrogens (tertiary/aromatic N) is 2. The average molecular weight is 554 g/mol. The molecule has 2 rings (SSSR count). The summed E-state index contributed by atoms with van der Waals surface area (Å²) in [7, 11) is 0. The maximum atomic E-state index is 14.5. The van der Waals surface area contributed by atoms with E-state index in [-0.39, 0.29) is 12.2 Å². The summed E-state index contributed by atoms with van der Waals surface area (Å²) in [5.74, 6) is -1.54. The Kier molecular flexibility index (Phi) is 15.9. The Hall–Kier alpha value is -2.30. The van der Waals surface area contributed by atoms with Crippen molar-refractivity contribution in [3.05, 3.63) is 34.7 Å². The van der Waals surface area contributed by atoms with E-state index in [0.717, 1.165) is 23.6 Å². The molecule has 1 aliphatic heterocycles. The third kappa shape index (κ3) is 11.8. The molecule has 0 bridgehead atoms. The van der Waals surface area contributed by atoms with Crippen molar-refractivity contribution in [3.63, 3.8) is 0 Å². The van der Waals surface area contributed by atoms with E-state index in [4.69, 9.17) is 9.47 Å². The van der Waals surface area contributed by atoms with Gasteiger partial charge in [-0.05, 0) is 6.42 Å². The van der Waals surface area contributed by atoms with Gasteiger partial charge in [-0.25, -0.2) is 14.0 Å². The van der Waals surface area contributed by atoms with Crippen LogP contribution in [0, 0.1) is 5.82 Å². The zero-order chi connectivity index (χ0) is 28.5. The van der Waals surface area contributed by atoms with Crippen LogP contribution in [-0.2, 0) is 9.47 Å². The van der Waals surface area contributed by atoms with Crippen LogP contribution in [0.15, 0.2) is 23.1 Å². The summed E-state index contributed by atoms with van der Waals surface area (Å²) in [5, 5.41) is 21.4. The van der Waals surface area contributed by atoms with E-state index < -0.39 is 48.5 Å². The van der Waals surface area contributed by atoms with Crippen molar-refractivity contribution in [2.45, 2.75) is 128 Å². The second-order valence-electron chi connectivity index (χ2n) is 10.4. The van der Waals surface area contributed by atoms with E-state index in [1.165, 1.54) is 83.5 Å². The van der Waals surface area contributed by atoms with Crippen molar-refractivity contribution >= 4 is 11.9 Å². The zero-order valence-corrected chi connectivity index (χ0v) is 23.5. The molecule has 0 aromatic carbocycles. The molecule has 1 fully saturated rings. The number of carbonyl (C=O) groups is 1. The van der Waals surface area contributed by atoms with Crippen LogP contribution in [0.2, 0.25) is 0 Å². The van der Waals surface area contributed by atoms with E-state index >= 15 is 0 Å². The third-order valence-corrected chi connectivity index (χ3v) is 7.14. The van der Waals surface area contributed by atoms with E-state index in [0.29, 0.717) is 6.42 Å². The first-order valence-electron chi connectivity index (χ1n) is 14.7. The molecule has 0 spiro atoms. The molecule has 0 radical (unpaired) electrons. The number of amides is 1. The molecule has 2 heterocycles. The summed E-state index contributed by atoms with van der Waals surface area (Å²) in [6.07, 6.45) is 16.6. The lowest BCUT2D eigenvalue weighted by Gasteiger charge is -2.15. The zero-order valence-electron chi connectivity index (χ0n) is 23.5. The highest BCUT2D eigenvalue weighted by atomic mass is 19.1. The first-order valence-corrected chi connectivity index (χ1v) is 14.7. The third-order valence-electron chi connectivity index (χ3n) is 7.14. The van der Waals surface area contributed by atoms with Crippen molar-refractivity contribution in [1.82, 2.24) is 9.55 Å². The van der Waals surface area contributed by atoms with Crippen LogP contribution in [0.1, 0.15) is 116 Å². The maximum Gasteiger partial charge on any atom is 0.412 e. The Balaban J connectivity index is 1.52. The van der Waals surface area contributed by atoms with Gasteiger partial charge in [-0.1, -0.05) is 110 Å². The summed E-state index contributed by atoms with van der Waals surface area (Å²) in [6, 6.07) is 0. The van der Waals surface area contributed by atoms with E-state index in [1.807, 2.05) is 0 Å². The van der Waals surface area contributed by atoms with Crippen molar-refractivity contribution in [2.75, 3.05) is 18.5 Å². The van der Waals surface area contributed by atoms with Gasteiger partial charge in [-0.3, -0.25) is 9.88 Å². The molecule has 9 nitrogen and oxygen atoms in total. The van der Waals surface area contributed by atoms with Gasteiger partial charge in [0.15, 0.2) is 17.9 Å². The van der Waals surface area contributed by atoms with E-state index in [1.54, 1.807) is 0 Å². The molecule has 39 heavy (non-hydrogen) atoms. The average Bonchev–Trinajstić information content (AvgIpc) is 3.20. The highest BCUT2D eigenvalue weighted by Crippen LogP contribution is 2.32. The fraction of sp³-hybridized carbons (Fsp3) is 0.759. The highest BCUT2D eigenvalue weighted by molar-refractivity contribution is 5.83. The second-order valence-corrected chi connectivity index (χ2v) is 10.4.